The Morgan fingerprint density at radius 3 is 2.53 bits per heavy atom. The van der Waals surface area contributed by atoms with Gasteiger partial charge < -0.3 is 14.8 Å². The molecule has 0 saturated heterocycles. The fraction of sp³-hybridized carbons (Fsp3) is 0.909. The van der Waals surface area contributed by atoms with Crippen molar-refractivity contribution >= 4 is 6.09 Å². The second-order valence-electron chi connectivity index (χ2n) is 4.96. The van der Waals surface area contributed by atoms with Gasteiger partial charge in [-0.2, -0.15) is 0 Å². The molecule has 1 aliphatic carbocycles. The number of alkyl carbamates (subject to hydrolysis) is 1. The third-order valence-electron chi connectivity index (χ3n) is 2.46. The molecule has 1 saturated carbocycles. The molecule has 0 aromatic carbocycles. The van der Waals surface area contributed by atoms with Gasteiger partial charge in [0.2, 0.25) is 0 Å². The minimum atomic E-state index is -0.439. The van der Waals surface area contributed by atoms with Crippen LogP contribution in [-0.2, 0) is 9.47 Å². The van der Waals surface area contributed by atoms with E-state index >= 15 is 0 Å². The second-order valence-corrected chi connectivity index (χ2v) is 4.96. The maximum Gasteiger partial charge on any atom is 0.407 e. The topological polar surface area (TPSA) is 47.6 Å². The van der Waals surface area contributed by atoms with Crippen LogP contribution in [0.25, 0.3) is 0 Å². The van der Waals surface area contributed by atoms with Gasteiger partial charge in [-0.15, -0.1) is 0 Å². The molecule has 4 heteroatoms. The van der Waals surface area contributed by atoms with Crippen molar-refractivity contribution in [1.29, 1.82) is 0 Å². The van der Waals surface area contributed by atoms with E-state index in [1.807, 2.05) is 20.8 Å². The summed E-state index contributed by atoms with van der Waals surface area (Å²) in [6.45, 7) is 5.57. The van der Waals surface area contributed by atoms with Gasteiger partial charge in [0.25, 0.3) is 0 Å². The van der Waals surface area contributed by atoms with Crippen LogP contribution in [0.2, 0.25) is 0 Å². The molecular formula is C11H21NO3. The Kier molecular flexibility index (Phi) is 3.97. The number of carbonyl (C=O) groups excluding carboxylic acids is 1. The van der Waals surface area contributed by atoms with Crippen molar-refractivity contribution < 1.29 is 14.3 Å². The first kappa shape index (κ1) is 12.3. The Labute approximate surface area is 91.3 Å². The molecular weight excluding hydrogens is 194 g/mol. The van der Waals surface area contributed by atoms with Gasteiger partial charge in [-0.05, 0) is 40.0 Å². The van der Waals surface area contributed by atoms with Crippen LogP contribution in [0.5, 0.6) is 0 Å². The lowest BCUT2D eigenvalue weighted by Crippen LogP contribution is -2.43. The standard InChI is InChI=1S/C11H21NO3/c1-11(2,3)15-10(13)12-8-6-5-7-9(8)14-4/h8-9H,5-7H2,1-4H3,(H,12,13)/t8-,9+/m1/s1. The van der Waals surface area contributed by atoms with Crippen molar-refractivity contribution in [1.82, 2.24) is 5.32 Å². The summed E-state index contributed by atoms with van der Waals surface area (Å²) in [5.74, 6) is 0. The highest BCUT2D eigenvalue weighted by Crippen LogP contribution is 2.21. The summed E-state index contributed by atoms with van der Waals surface area (Å²) in [5.41, 5.74) is -0.439. The van der Waals surface area contributed by atoms with Gasteiger partial charge >= 0.3 is 6.09 Å². The highest BCUT2D eigenvalue weighted by Gasteiger charge is 2.29. The molecule has 0 aromatic heterocycles. The van der Waals surface area contributed by atoms with Crippen LogP contribution in [-0.4, -0.2) is 30.9 Å². The Morgan fingerprint density at radius 1 is 1.33 bits per heavy atom. The molecule has 0 aromatic rings. The zero-order valence-corrected chi connectivity index (χ0v) is 10.0. The lowest BCUT2D eigenvalue weighted by molar-refractivity contribution is 0.0392. The molecule has 4 nitrogen and oxygen atoms in total. The van der Waals surface area contributed by atoms with Gasteiger partial charge in [0, 0.05) is 7.11 Å². The van der Waals surface area contributed by atoms with Crippen molar-refractivity contribution in [2.75, 3.05) is 7.11 Å². The van der Waals surface area contributed by atoms with Crippen molar-refractivity contribution in [3.63, 3.8) is 0 Å². The number of nitrogens with one attached hydrogen (secondary N) is 1. The van der Waals surface area contributed by atoms with Crippen LogP contribution in [0.1, 0.15) is 40.0 Å². The van der Waals surface area contributed by atoms with E-state index in [1.54, 1.807) is 7.11 Å². The lowest BCUT2D eigenvalue weighted by Gasteiger charge is -2.24. The number of carbonyl (C=O) groups is 1. The second kappa shape index (κ2) is 4.84. The Bertz CT molecular complexity index is 222. The molecule has 2 atom stereocenters. The van der Waals surface area contributed by atoms with Crippen molar-refractivity contribution in [2.45, 2.75) is 57.8 Å². The van der Waals surface area contributed by atoms with Crippen LogP contribution in [0.3, 0.4) is 0 Å². The number of hydrogen-bond acceptors (Lipinski definition) is 3. The molecule has 0 unspecified atom stereocenters. The van der Waals surface area contributed by atoms with E-state index in [0.29, 0.717) is 0 Å². The minimum absolute atomic E-state index is 0.102. The molecule has 1 aliphatic rings. The van der Waals surface area contributed by atoms with E-state index in [0.717, 1.165) is 19.3 Å². The fourth-order valence-corrected chi connectivity index (χ4v) is 1.83. The van der Waals surface area contributed by atoms with Gasteiger partial charge in [-0.1, -0.05) is 0 Å². The molecule has 1 amide bonds. The molecule has 0 spiro atoms. The third kappa shape index (κ3) is 4.08. The van der Waals surface area contributed by atoms with Gasteiger partial charge in [0.15, 0.2) is 0 Å². The monoisotopic (exact) mass is 215 g/mol. The first-order valence-electron chi connectivity index (χ1n) is 5.44. The van der Waals surface area contributed by atoms with Gasteiger partial charge in [0.05, 0.1) is 12.1 Å². The predicted molar refractivity (Wildman–Crippen MR) is 57.8 cm³/mol. The minimum Gasteiger partial charge on any atom is -0.444 e. The van der Waals surface area contributed by atoms with Crippen LogP contribution >= 0.6 is 0 Å². The molecule has 15 heavy (non-hydrogen) atoms. The molecule has 0 radical (unpaired) electrons. The van der Waals surface area contributed by atoms with Crippen molar-refractivity contribution in [3.8, 4) is 0 Å². The average Bonchev–Trinajstić information content (AvgIpc) is 2.48. The quantitative estimate of drug-likeness (QED) is 0.767. The number of rotatable bonds is 2. The molecule has 88 valence electrons. The summed E-state index contributed by atoms with van der Waals surface area (Å²) in [4.78, 5) is 11.5. The van der Waals surface area contributed by atoms with Crippen LogP contribution in [0.15, 0.2) is 0 Å². The number of methoxy groups -OCH3 is 1. The van der Waals surface area contributed by atoms with E-state index in [2.05, 4.69) is 5.32 Å². The molecule has 1 rings (SSSR count). The SMILES string of the molecule is CO[C@H]1CCC[C@H]1NC(=O)OC(C)(C)C. The highest BCUT2D eigenvalue weighted by atomic mass is 16.6. The van der Waals surface area contributed by atoms with E-state index in [1.165, 1.54) is 0 Å². The molecule has 1 N–H and O–H groups in total. The van der Waals surface area contributed by atoms with E-state index in [4.69, 9.17) is 9.47 Å². The van der Waals surface area contributed by atoms with Crippen molar-refractivity contribution in [2.24, 2.45) is 0 Å². The Morgan fingerprint density at radius 2 is 2.00 bits per heavy atom. The van der Waals surface area contributed by atoms with Crippen molar-refractivity contribution in [3.05, 3.63) is 0 Å². The van der Waals surface area contributed by atoms with Crippen LogP contribution < -0.4 is 5.32 Å². The summed E-state index contributed by atoms with van der Waals surface area (Å²) in [6.07, 6.45) is 2.86. The smallest absolute Gasteiger partial charge is 0.407 e. The van der Waals surface area contributed by atoms with Crippen LogP contribution in [0.4, 0.5) is 4.79 Å². The maximum atomic E-state index is 11.5. The summed E-state index contributed by atoms with van der Waals surface area (Å²) in [5, 5.41) is 2.85. The summed E-state index contributed by atoms with van der Waals surface area (Å²) in [7, 11) is 1.68. The third-order valence-corrected chi connectivity index (χ3v) is 2.46. The average molecular weight is 215 g/mol. The summed E-state index contributed by atoms with van der Waals surface area (Å²) < 4.78 is 10.5. The highest BCUT2D eigenvalue weighted by molar-refractivity contribution is 5.68. The summed E-state index contributed by atoms with van der Waals surface area (Å²) in [6, 6.07) is 0.102. The molecule has 0 bridgehead atoms. The Balaban J connectivity index is 2.37. The van der Waals surface area contributed by atoms with Gasteiger partial charge in [0.1, 0.15) is 5.60 Å². The fourth-order valence-electron chi connectivity index (χ4n) is 1.83. The number of hydrogen-bond donors (Lipinski definition) is 1. The maximum absolute atomic E-state index is 11.5. The van der Waals surface area contributed by atoms with E-state index < -0.39 is 5.60 Å². The molecule has 0 aliphatic heterocycles. The normalized spacial score (nSPS) is 26.4. The van der Waals surface area contributed by atoms with Gasteiger partial charge in [-0.3, -0.25) is 0 Å². The largest absolute Gasteiger partial charge is 0.444 e. The predicted octanol–water partition coefficient (Wildman–Crippen LogP) is 2.08. The number of ether oxygens (including phenoxy) is 2. The van der Waals surface area contributed by atoms with Gasteiger partial charge in [-0.25, -0.2) is 4.79 Å². The Hall–Kier alpha value is -0.770. The first-order chi connectivity index (χ1) is 6.92. The lowest BCUT2D eigenvalue weighted by atomic mass is 10.2. The molecule has 1 fully saturated rings. The molecule has 0 heterocycles. The zero-order chi connectivity index (χ0) is 11.5. The summed E-state index contributed by atoms with van der Waals surface area (Å²) >= 11 is 0. The van der Waals surface area contributed by atoms with Crippen LogP contribution in [0, 0.1) is 0 Å². The van der Waals surface area contributed by atoms with E-state index in [-0.39, 0.29) is 18.2 Å². The number of amides is 1. The van der Waals surface area contributed by atoms with E-state index in [9.17, 15) is 4.79 Å². The first-order valence-corrected chi connectivity index (χ1v) is 5.44. The zero-order valence-electron chi connectivity index (χ0n) is 10.0.